The average molecular weight is 254 g/mol. The third-order valence-electron chi connectivity index (χ3n) is 2.92. The number of hydrogen-bond acceptors (Lipinski definition) is 2. The van der Waals surface area contributed by atoms with Crippen molar-refractivity contribution in [1.82, 2.24) is 0 Å². The molecule has 1 aliphatic rings. The molecule has 0 saturated heterocycles. The molecule has 0 aliphatic heterocycles. The van der Waals surface area contributed by atoms with Crippen LogP contribution >= 0.6 is 11.6 Å². The summed E-state index contributed by atoms with van der Waals surface area (Å²) in [5.74, 6) is -0.0696. The fourth-order valence-electron chi connectivity index (χ4n) is 2.10. The molecule has 1 fully saturated rings. The minimum absolute atomic E-state index is 0.0246. The summed E-state index contributed by atoms with van der Waals surface area (Å²) in [4.78, 5) is 0.736. The Labute approximate surface area is 103 Å². The van der Waals surface area contributed by atoms with Crippen LogP contribution < -0.4 is 0 Å². The van der Waals surface area contributed by atoms with Crippen LogP contribution in [0.25, 0.3) is 0 Å². The van der Waals surface area contributed by atoms with Crippen molar-refractivity contribution in [2.24, 2.45) is 5.92 Å². The lowest BCUT2D eigenvalue weighted by Gasteiger charge is -2.13. The van der Waals surface area contributed by atoms with E-state index < -0.39 is 10.8 Å². The van der Waals surface area contributed by atoms with Gasteiger partial charge in [0.15, 0.2) is 0 Å². The molecular weight excluding hydrogens is 242 g/mol. The summed E-state index contributed by atoms with van der Waals surface area (Å²) >= 11 is 5.87. The normalized spacial score (nSPS) is 26.2. The van der Waals surface area contributed by atoms with Crippen LogP contribution in [0.4, 0.5) is 0 Å². The number of rotatable bonds is 2. The Balaban J connectivity index is 2.23. The van der Waals surface area contributed by atoms with Crippen LogP contribution in [0.1, 0.15) is 19.3 Å². The van der Waals surface area contributed by atoms with Gasteiger partial charge in [-0.2, -0.15) is 5.26 Å². The predicted molar refractivity (Wildman–Crippen MR) is 64.6 cm³/mol. The van der Waals surface area contributed by atoms with Crippen molar-refractivity contribution in [3.8, 4) is 6.07 Å². The number of benzene rings is 1. The van der Waals surface area contributed by atoms with E-state index >= 15 is 0 Å². The summed E-state index contributed by atoms with van der Waals surface area (Å²) < 4.78 is 12.3. The average Bonchev–Trinajstić information content (AvgIpc) is 2.76. The van der Waals surface area contributed by atoms with Crippen LogP contribution in [-0.4, -0.2) is 9.46 Å². The summed E-state index contributed by atoms with van der Waals surface area (Å²) in [7, 11) is -1.11. The van der Waals surface area contributed by atoms with Gasteiger partial charge in [0.25, 0.3) is 0 Å². The Kier molecular flexibility index (Phi) is 3.63. The van der Waals surface area contributed by atoms with Crippen molar-refractivity contribution >= 4 is 22.4 Å². The third kappa shape index (κ3) is 2.28. The molecule has 0 heterocycles. The van der Waals surface area contributed by atoms with E-state index in [1.54, 1.807) is 18.2 Å². The van der Waals surface area contributed by atoms with Gasteiger partial charge in [-0.25, -0.2) is 0 Å². The van der Waals surface area contributed by atoms with E-state index in [2.05, 4.69) is 6.07 Å². The highest BCUT2D eigenvalue weighted by molar-refractivity contribution is 7.85. The first kappa shape index (κ1) is 11.6. The van der Waals surface area contributed by atoms with Crippen LogP contribution in [-0.2, 0) is 10.8 Å². The van der Waals surface area contributed by atoms with E-state index in [9.17, 15) is 4.21 Å². The topological polar surface area (TPSA) is 40.9 Å². The Bertz CT molecular complexity index is 455. The van der Waals surface area contributed by atoms with E-state index in [-0.39, 0.29) is 11.2 Å². The maximum Gasteiger partial charge on any atom is 0.0668 e. The van der Waals surface area contributed by atoms with Crippen molar-refractivity contribution < 1.29 is 4.21 Å². The second-order valence-electron chi connectivity index (χ2n) is 3.96. The molecule has 0 radical (unpaired) electrons. The molecule has 0 spiro atoms. The number of halogens is 1. The highest BCUT2D eigenvalue weighted by atomic mass is 35.5. The molecule has 0 bridgehead atoms. The van der Waals surface area contributed by atoms with Crippen LogP contribution in [0.5, 0.6) is 0 Å². The molecule has 3 atom stereocenters. The molecule has 4 heteroatoms. The van der Waals surface area contributed by atoms with E-state index in [0.717, 1.165) is 24.2 Å². The second kappa shape index (κ2) is 4.99. The Hall–Kier alpha value is -0.850. The predicted octanol–water partition coefficient (Wildman–Crippen LogP) is 3.14. The fraction of sp³-hybridized carbons (Fsp3) is 0.417. The fourth-order valence-corrected chi connectivity index (χ4v) is 4.03. The van der Waals surface area contributed by atoms with E-state index in [4.69, 9.17) is 16.9 Å². The van der Waals surface area contributed by atoms with Gasteiger partial charge < -0.3 is 0 Å². The monoisotopic (exact) mass is 253 g/mol. The molecule has 1 aromatic carbocycles. The van der Waals surface area contributed by atoms with Crippen molar-refractivity contribution in [2.45, 2.75) is 29.4 Å². The van der Waals surface area contributed by atoms with Gasteiger partial charge in [-0.05, 0) is 31.0 Å². The molecule has 0 N–H and O–H groups in total. The Morgan fingerprint density at radius 1 is 1.44 bits per heavy atom. The molecule has 3 unspecified atom stereocenters. The van der Waals surface area contributed by atoms with Gasteiger partial charge in [0.2, 0.25) is 0 Å². The standard InChI is InChI=1S/C12H12ClNOS/c13-10-4-2-5-11(7-10)16(15)12-6-1-3-9(12)8-14/h2,4-5,7,9,12H,1,3,6H2. The molecule has 2 nitrogen and oxygen atoms in total. The summed E-state index contributed by atoms with van der Waals surface area (Å²) in [6, 6.07) is 9.35. The van der Waals surface area contributed by atoms with Gasteiger partial charge in [-0.3, -0.25) is 4.21 Å². The maximum atomic E-state index is 12.3. The zero-order valence-electron chi connectivity index (χ0n) is 8.73. The molecule has 1 aliphatic carbocycles. The molecular formula is C12H12ClNOS. The van der Waals surface area contributed by atoms with Gasteiger partial charge in [0.05, 0.1) is 28.0 Å². The maximum absolute atomic E-state index is 12.3. The minimum atomic E-state index is -1.11. The van der Waals surface area contributed by atoms with Crippen LogP contribution in [0, 0.1) is 17.2 Å². The molecule has 1 aromatic rings. The van der Waals surface area contributed by atoms with E-state index in [1.165, 1.54) is 0 Å². The lowest BCUT2D eigenvalue weighted by atomic mass is 10.1. The number of nitrogens with zero attached hydrogens (tertiary/aromatic N) is 1. The highest BCUT2D eigenvalue weighted by Gasteiger charge is 2.32. The summed E-state index contributed by atoms with van der Waals surface area (Å²) in [5.41, 5.74) is 0. The first-order chi connectivity index (χ1) is 7.72. The van der Waals surface area contributed by atoms with Crippen LogP contribution in [0.2, 0.25) is 5.02 Å². The van der Waals surface area contributed by atoms with Gasteiger partial charge in [-0.15, -0.1) is 0 Å². The molecule has 2 rings (SSSR count). The summed E-state index contributed by atoms with van der Waals surface area (Å²) in [6.45, 7) is 0. The first-order valence-corrected chi connectivity index (χ1v) is 6.87. The highest BCUT2D eigenvalue weighted by Crippen LogP contribution is 2.32. The first-order valence-electron chi connectivity index (χ1n) is 5.28. The SMILES string of the molecule is N#CC1CCCC1S(=O)c1cccc(Cl)c1. The summed E-state index contributed by atoms with van der Waals surface area (Å²) in [6.07, 6.45) is 2.74. The van der Waals surface area contributed by atoms with Gasteiger partial charge >= 0.3 is 0 Å². The van der Waals surface area contributed by atoms with Crippen LogP contribution in [0.3, 0.4) is 0 Å². The minimum Gasteiger partial charge on any atom is -0.254 e. The van der Waals surface area contributed by atoms with Crippen molar-refractivity contribution in [3.05, 3.63) is 29.3 Å². The van der Waals surface area contributed by atoms with Crippen molar-refractivity contribution in [3.63, 3.8) is 0 Å². The van der Waals surface area contributed by atoms with E-state index in [1.807, 2.05) is 6.07 Å². The third-order valence-corrected chi connectivity index (χ3v) is 4.99. The molecule has 16 heavy (non-hydrogen) atoms. The molecule has 1 saturated carbocycles. The van der Waals surface area contributed by atoms with Gasteiger partial charge in [0.1, 0.15) is 0 Å². The van der Waals surface area contributed by atoms with Crippen LogP contribution in [0.15, 0.2) is 29.2 Å². The number of hydrogen-bond donors (Lipinski definition) is 0. The lowest BCUT2D eigenvalue weighted by Crippen LogP contribution is -2.19. The summed E-state index contributed by atoms with van der Waals surface area (Å²) in [5, 5.41) is 9.55. The molecule has 0 aromatic heterocycles. The van der Waals surface area contributed by atoms with E-state index in [0.29, 0.717) is 5.02 Å². The lowest BCUT2D eigenvalue weighted by molar-refractivity contribution is 0.646. The largest absolute Gasteiger partial charge is 0.254 e. The van der Waals surface area contributed by atoms with Crippen molar-refractivity contribution in [1.29, 1.82) is 5.26 Å². The number of nitriles is 1. The van der Waals surface area contributed by atoms with Crippen molar-refractivity contribution in [2.75, 3.05) is 0 Å². The smallest absolute Gasteiger partial charge is 0.0668 e. The quantitative estimate of drug-likeness (QED) is 0.813. The molecule has 0 amide bonds. The second-order valence-corrected chi connectivity index (χ2v) is 6.07. The Morgan fingerprint density at radius 3 is 2.94 bits per heavy atom. The Morgan fingerprint density at radius 2 is 2.25 bits per heavy atom. The molecule has 84 valence electrons. The zero-order chi connectivity index (χ0) is 11.5. The zero-order valence-corrected chi connectivity index (χ0v) is 10.3. The van der Waals surface area contributed by atoms with Gasteiger partial charge in [0, 0.05) is 9.92 Å². The van der Waals surface area contributed by atoms with Gasteiger partial charge in [-0.1, -0.05) is 24.1 Å².